The van der Waals surface area contributed by atoms with Crippen molar-refractivity contribution >= 4 is 27.8 Å². The van der Waals surface area contributed by atoms with E-state index in [0.29, 0.717) is 18.8 Å². The summed E-state index contributed by atoms with van der Waals surface area (Å²) in [6.45, 7) is 2.44. The molecule has 0 radical (unpaired) electrons. The van der Waals surface area contributed by atoms with Crippen LogP contribution in [0.15, 0.2) is 28.7 Å². The first-order chi connectivity index (χ1) is 13.0. The predicted octanol–water partition coefficient (Wildman–Crippen LogP) is 3.54. The van der Waals surface area contributed by atoms with Crippen LogP contribution in [0.1, 0.15) is 47.9 Å². The molecule has 0 aliphatic heterocycles. The third-order valence-electron chi connectivity index (χ3n) is 4.76. The molecule has 1 aliphatic rings. The van der Waals surface area contributed by atoms with E-state index in [1.165, 1.54) is 0 Å². The van der Waals surface area contributed by atoms with Crippen molar-refractivity contribution in [3.8, 4) is 5.69 Å². The quantitative estimate of drug-likeness (QED) is 0.653. The molecule has 0 unspecified atom stereocenters. The van der Waals surface area contributed by atoms with Crippen LogP contribution in [0.3, 0.4) is 0 Å². The molecule has 0 N–H and O–H groups in total. The van der Waals surface area contributed by atoms with Crippen LogP contribution < -0.4 is 0 Å². The standard InChI is InChI=1S/C20H24BrN3O3/c1-3-27-18(25)12-13-23(2)20(26)19-16-6-4-5-7-17(16)24(22-19)15-10-8-14(21)9-11-15/h8-11H,3-7,12-13H2,1-2H3. The highest BCUT2D eigenvalue weighted by atomic mass is 79.9. The Labute approximate surface area is 167 Å². The van der Waals surface area contributed by atoms with Crippen LogP contribution in [0.25, 0.3) is 5.69 Å². The molecule has 2 aromatic rings. The summed E-state index contributed by atoms with van der Waals surface area (Å²) < 4.78 is 7.84. The van der Waals surface area contributed by atoms with Gasteiger partial charge in [0, 0.05) is 29.3 Å². The number of hydrogen-bond donors (Lipinski definition) is 0. The molecular formula is C20H24BrN3O3. The molecule has 0 saturated heterocycles. The van der Waals surface area contributed by atoms with Gasteiger partial charge in [0.1, 0.15) is 0 Å². The molecule has 1 aromatic heterocycles. The highest BCUT2D eigenvalue weighted by Gasteiger charge is 2.27. The van der Waals surface area contributed by atoms with Crippen molar-refractivity contribution in [1.82, 2.24) is 14.7 Å². The summed E-state index contributed by atoms with van der Waals surface area (Å²) in [5.74, 6) is -0.437. The summed E-state index contributed by atoms with van der Waals surface area (Å²) in [6, 6.07) is 7.92. The first-order valence-corrected chi connectivity index (χ1v) is 10.1. The molecule has 1 amide bonds. The number of benzene rings is 1. The molecule has 3 rings (SSSR count). The topological polar surface area (TPSA) is 64.4 Å². The molecule has 0 atom stereocenters. The van der Waals surface area contributed by atoms with E-state index in [1.807, 2.05) is 28.9 Å². The van der Waals surface area contributed by atoms with Gasteiger partial charge in [-0.25, -0.2) is 4.68 Å². The molecule has 0 saturated carbocycles. The van der Waals surface area contributed by atoms with Crippen LogP contribution >= 0.6 is 15.9 Å². The summed E-state index contributed by atoms with van der Waals surface area (Å²) in [6.07, 6.45) is 4.12. The van der Waals surface area contributed by atoms with Gasteiger partial charge in [-0.15, -0.1) is 0 Å². The van der Waals surface area contributed by atoms with Crippen molar-refractivity contribution < 1.29 is 14.3 Å². The number of fused-ring (bicyclic) bond motifs is 1. The Morgan fingerprint density at radius 2 is 1.93 bits per heavy atom. The Balaban J connectivity index is 1.85. The minimum Gasteiger partial charge on any atom is -0.466 e. The lowest BCUT2D eigenvalue weighted by atomic mass is 9.95. The van der Waals surface area contributed by atoms with Gasteiger partial charge in [0.15, 0.2) is 5.69 Å². The van der Waals surface area contributed by atoms with Crippen molar-refractivity contribution in [1.29, 1.82) is 0 Å². The van der Waals surface area contributed by atoms with Gasteiger partial charge >= 0.3 is 5.97 Å². The van der Waals surface area contributed by atoms with E-state index in [2.05, 4.69) is 21.0 Å². The van der Waals surface area contributed by atoms with E-state index in [1.54, 1.807) is 18.9 Å². The second-order valence-corrected chi connectivity index (χ2v) is 7.57. The summed E-state index contributed by atoms with van der Waals surface area (Å²) >= 11 is 3.45. The average Bonchev–Trinajstić information content (AvgIpc) is 3.06. The fraction of sp³-hybridized carbons (Fsp3) is 0.450. The van der Waals surface area contributed by atoms with E-state index >= 15 is 0 Å². The smallest absolute Gasteiger partial charge is 0.307 e. The number of halogens is 1. The van der Waals surface area contributed by atoms with Gasteiger partial charge in [-0.05, 0) is 56.9 Å². The minimum absolute atomic E-state index is 0.145. The number of carbonyl (C=O) groups excluding carboxylic acids is 2. The van der Waals surface area contributed by atoms with Gasteiger partial charge < -0.3 is 9.64 Å². The monoisotopic (exact) mass is 433 g/mol. The maximum absolute atomic E-state index is 13.0. The largest absolute Gasteiger partial charge is 0.466 e. The van der Waals surface area contributed by atoms with E-state index in [-0.39, 0.29) is 18.3 Å². The molecule has 7 heteroatoms. The molecule has 6 nitrogen and oxygen atoms in total. The second-order valence-electron chi connectivity index (χ2n) is 6.65. The number of esters is 1. The molecule has 0 spiro atoms. The van der Waals surface area contributed by atoms with Crippen LogP contribution in [-0.4, -0.2) is 46.8 Å². The van der Waals surface area contributed by atoms with Crippen LogP contribution in [0.2, 0.25) is 0 Å². The van der Waals surface area contributed by atoms with Crippen molar-refractivity contribution in [3.05, 3.63) is 45.7 Å². The van der Waals surface area contributed by atoms with E-state index in [4.69, 9.17) is 4.74 Å². The zero-order valence-electron chi connectivity index (χ0n) is 15.7. The number of ether oxygens (including phenoxy) is 1. The van der Waals surface area contributed by atoms with Crippen LogP contribution in [0, 0.1) is 0 Å². The van der Waals surface area contributed by atoms with Crippen LogP contribution in [0.5, 0.6) is 0 Å². The number of aromatic nitrogens is 2. The summed E-state index contributed by atoms with van der Waals surface area (Å²) in [5, 5.41) is 4.67. The lowest BCUT2D eigenvalue weighted by Crippen LogP contribution is -2.30. The van der Waals surface area contributed by atoms with E-state index in [0.717, 1.165) is 47.1 Å². The predicted molar refractivity (Wildman–Crippen MR) is 106 cm³/mol. The molecule has 1 aromatic carbocycles. The van der Waals surface area contributed by atoms with Crippen molar-refractivity contribution in [2.45, 2.75) is 39.0 Å². The maximum atomic E-state index is 13.0. The lowest BCUT2D eigenvalue weighted by Gasteiger charge is -2.17. The highest BCUT2D eigenvalue weighted by Crippen LogP contribution is 2.28. The van der Waals surface area contributed by atoms with Crippen molar-refractivity contribution in [3.63, 3.8) is 0 Å². The SMILES string of the molecule is CCOC(=O)CCN(C)C(=O)c1nn(-c2ccc(Br)cc2)c2c1CCCC2. The molecule has 144 valence electrons. The Morgan fingerprint density at radius 3 is 2.63 bits per heavy atom. The van der Waals surface area contributed by atoms with Crippen LogP contribution in [-0.2, 0) is 22.4 Å². The number of carbonyl (C=O) groups is 2. The van der Waals surface area contributed by atoms with E-state index < -0.39 is 0 Å². The summed E-state index contributed by atoms with van der Waals surface area (Å²) in [4.78, 5) is 26.1. The van der Waals surface area contributed by atoms with Gasteiger partial charge in [-0.3, -0.25) is 9.59 Å². The Morgan fingerprint density at radius 1 is 1.22 bits per heavy atom. The molecular weight excluding hydrogens is 410 g/mol. The van der Waals surface area contributed by atoms with Gasteiger partial charge in [0.05, 0.1) is 18.7 Å². The zero-order valence-corrected chi connectivity index (χ0v) is 17.3. The van der Waals surface area contributed by atoms with Gasteiger partial charge in [0.25, 0.3) is 5.91 Å². The summed E-state index contributed by atoms with van der Waals surface area (Å²) in [5.41, 5.74) is 3.60. The van der Waals surface area contributed by atoms with E-state index in [9.17, 15) is 9.59 Å². The third kappa shape index (κ3) is 4.40. The normalized spacial score (nSPS) is 13.1. The highest BCUT2D eigenvalue weighted by molar-refractivity contribution is 9.10. The average molecular weight is 434 g/mol. The number of hydrogen-bond acceptors (Lipinski definition) is 4. The van der Waals surface area contributed by atoms with Crippen molar-refractivity contribution in [2.24, 2.45) is 0 Å². The fourth-order valence-electron chi connectivity index (χ4n) is 3.34. The Hall–Kier alpha value is -2.15. The maximum Gasteiger partial charge on any atom is 0.307 e. The molecule has 1 aliphatic carbocycles. The second kappa shape index (κ2) is 8.69. The van der Waals surface area contributed by atoms with Gasteiger partial charge in [-0.1, -0.05) is 15.9 Å². The fourth-order valence-corrected chi connectivity index (χ4v) is 3.61. The van der Waals surface area contributed by atoms with Crippen molar-refractivity contribution in [2.75, 3.05) is 20.2 Å². The molecule has 27 heavy (non-hydrogen) atoms. The summed E-state index contributed by atoms with van der Waals surface area (Å²) in [7, 11) is 1.70. The minimum atomic E-state index is -0.292. The van der Waals surface area contributed by atoms with Crippen LogP contribution in [0.4, 0.5) is 0 Å². The molecule has 1 heterocycles. The lowest BCUT2D eigenvalue weighted by molar-refractivity contribution is -0.143. The molecule has 0 bridgehead atoms. The van der Waals surface area contributed by atoms with Gasteiger partial charge in [-0.2, -0.15) is 5.10 Å². The number of nitrogens with zero attached hydrogens (tertiary/aromatic N) is 3. The Bertz CT molecular complexity index is 830. The number of amides is 1. The first kappa shape index (κ1) is 19.6. The Kier molecular flexibility index (Phi) is 6.31. The zero-order chi connectivity index (χ0) is 19.4. The first-order valence-electron chi connectivity index (χ1n) is 9.29. The number of rotatable bonds is 6. The molecule has 0 fully saturated rings. The third-order valence-corrected chi connectivity index (χ3v) is 5.29. The van der Waals surface area contributed by atoms with Gasteiger partial charge in [0.2, 0.25) is 0 Å².